The predicted octanol–water partition coefficient (Wildman–Crippen LogP) is 2.34. The van der Waals surface area contributed by atoms with E-state index in [0.717, 1.165) is 11.6 Å². The number of carbonyl (C=O) groups excluding carboxylic acids is 1. The van der Waals surface area contributed by atoms with E-state index in [1.807, 2.05) is 12.1 Å². The Labute approximate surface area is 166 Å². The number of hydrogen-bond acceptors (Lipinski definition) is 6. The highest BCUT2D eigenvalue weighted by molar-refractivity contribution is 7.90. The van der Waals surface area contributed by atoms with E-state index in [4.69, 9.17) is 20.9 Å². The molecule has 0 saturated carbocycles. The number of benzene rings is 2. The number of amides is 1. The Morgan fingerprint density at radius 3 is 2.59 bits per heavy atom. The molecule has 1 aromatic heterocycles. The van der Waals surface area contributed by atoms with Crippen LogP contribution in [0, 0.1) is 0 Å². The number of ether oxygens (including phenoxy) is 2. The Kier molecular flexibility index (Phi) is 5.64. The molecule has 9 nitrogen and oxygen atoms in total. The van der Waals surface area contributed by atoms with Crippen molar-refractivity contribution in [3.8, 4) is 11.5 Å². The Bertz CT molecular complexity index is 1200. The predicted molar refractivity (Wildman–Crippen MR) is 107 cm³/mol. The molecule has 0 aliphatic carbocycles. The Morgan fingerprint density at radius 1 is 1.10 bits per heavy atom. The van der Waals surface area contributed by atoms with E-state index in [-0.39, 0.29) is 17.3 Å². The number of rotatable bonds is 5. The van der Waals surface area contributed by atoms with Gasteiger partial charge in [-0.1, -0.05) is 24.3 Å². The third-order valence-corrected chi connectivity index (χ3v) is 4.92. The molecule has 0 radical (unpaired) electrons. The monoisotopic (exact) mass is 414 g/mol. The van der Waals surface area contributed by atoms with Crippen LogP contribution in [0.15, 0.2) is 64.6 Å². The third-order valence-electron chi connectivity index (χ3n) is 3.81. The molecular formula is C19H18N4O5S. The van der Waals surface area contributed by atoms with Gasteiger partial charge in [-0.15, -0.1) is 4.99 Å². The number of aromatic nitrogens is 1. The first-order valence-electron chi connectivity index (χ1n) is 8.35. The number of nitrogens with two attached hydrogens (primary N) is 2. The largest absolute Gasteiger partial charge is 0.454 e. The molecule has 0 aliphatic heterocycles. The standard InChI is InChI=1S/C19H18N4O5S/c1-29(25,26)16-10-12(11-27-19(24)23-18(20)21)7-8-14(16)28-15-6-2-4-13-5-3-9-22-17(13)15/h2-10H,11H2,1H3,(H4,20,21,23,24). The van der Waals surface area contributed by atoms with Crippen molar-refractivity contribution in [2.24, 2.45) is 16.5 Å². The average Bonchev–Trinajstić information content (AvgIpc) is 2.66. The molecule has 0 spiro atoms. The van der Waals surface area contributed by atoms with Crippen molar-refractivity contribution < 1.29 is 22.7 Å². The molecule has 1 heterocycles. The number of guanidine groups is 1. The average molecular weight is 414 g/mol. The van der Waals surface area contributed by atoms with E-state index in [1.165, 1.54) is 12.1 Å². The summed E-state index contributed by atoms with van der Waals surface area (Å²) in [6.45, 7) is -0.214. The number of para-hydroxylation sites is 1. The van der Waals surface area contributed by atoms with Crippen LogP contribution < -0.4 is 16.2 Å². The summed E-state index contributed by atoms with van der Waals surface area (Å²) in [5.74, 6) is 0.115. The molecule has 0 saturated heterocycles. The van der Waals surface area contributed by atoms with Gasteiger partial charge in [0.2, 0.25) is 0 Å². The van der Waals surface area contributed by atoms with Gasteiger partial charge in [-0.3, -0.25) is 4.98 Å². The van der Waals surface area contributed by atoms with Gasteiger partial charge >= 0.3 is 6.09 Å². The summed E-state index contributed by atoms with van der Waals surface area (Å²) >= 11 is 0. The van der Waals surface area contributed by atoms with Gasteiger partial charge in [-0.25, -0.2) is 13.2 Å². The van der Waals surface area contributed by atoms with Gasteiger partial charge < -0.3 is 20.9 Å². The van der Waals surface area contributed by atoms with Gasteiger partial charge in [-0.05, 0) is 29.8 Å². The highest BCUT2D eigenvalue weighted by Crippen LogP contribution is 2.33. The minimum Gasteiger partial charge on any atom is -0.454 e. The number of aliphatic imine (C=N–C) groups is 1. The molecule has 0 unspecified atom stereocenters. The normalized spacial score (nSPS) is 11.1. The molecular weight excluding hydrogens is 396 g/mol. The zero-order valence-corrected chi connectivity index (χ0v) is 16.2. The van der Waals surface area contributed by atoms with Crippen molar-refractivity contribution >= 4 is 32.8 Å². The quantitative estimate of drug-likeness (QED) is 0.477. The summed E-state index contributed by atoms with van der Waals surface area (Å²) in [6.07, 6.45) is 1.71. The zero-order chi connectivity index (χ0) is 21.0. The number of nitrogens with zero attached hydrogens (tertiary/aromatic N) is 2. The summed E-state index contributed by atoms with van der Waals surface area (Å²) in [6, 6.07) is 13.5. The fourth-order valence-electron chi connectivity index (χ4n) is 2.58. The fourth-order valence-corrected chi connectivity index (χ4v) is 3.42. The summed E-state index contributed by atoms with van der Waals surface area (Å²) in [5.41, 5.74) is 11.2. The minimum absolute atomic E-state index is 0.0548. The smallest absolute Gasteiger partial charge is 0.437 e. The maximum absolute atomic E-state index is 12.3. The van der Waals surface area contributed by atoms with E-state index in [2.05, 4.69) is 9.98 Å². The topological polar surface area (TPSA) is 147 Å². The van der Waals surface area contributed by atoms with Crippen molar-refractivity contribution in [2.45, 2.75) is 11.5 Å². The maximum Gasteiger partial charge on any atom is 0.437 e. The Morgan fingerprint density at radius 2 is 1.86 bits per heavy atom. The van der Waals surface area contributed by atoms with Crippen LogP contribution in [0.25, 0.3) is 10.9 Å². The van der Waals surface area contributed by atoms with Crippen molar-refractivity contribution in [3.63, 3.8) is 0 Å². The molecule has 3 aromatic rings. The van der Waals surface area contributed by atoms with Crippen molar-refractivity contribution in [3.05, 3.63) is 60.3 Å². The summed E-state index contributed by atoms with van der Waals surface area (Å²) in [5, 5.41) is 0.856. The molecule has 1 amide bonds. The lowest BCUT2D eigenvalue weighted by molar-refractivity contribution is 0.150. The molecule has 2 aromatic carbocycles. The molecule has 3 rings (SSSR count). The second-order valence-electron chi connectivity index (χ2n) is 6.08. The van der Waals surface area contributed by atoms with E-state index in [9.17, 15) is 13.2 Å². The SMILES string of the molecule is CS(=O)(=O)c1cc(COC(=O)N=C(N)N)ccc1Oc1cccc2cccnc12. The highest BCUT2D eigenvalue weighted by atomic mass is 32.2. The van der Waals surface area contributed by atoms with E-state index >= 15 is 0 Å². The van der Waals surface area contributed by atoms with E-state index in [0.29, 0.717) is 16.8 Å². The van der Waals surface area contributed by atoms with Crippen molar-refractivity contribution in [1.82, 2.24) is 4.98 Å². The van der Waals surface area contributed by atoms with Crippen LogP contribution in [0.3, 0.4) is 0 Å². The van der Waals surface area contributed by atoms with Gasteiger partial charge in [0, 0.05) is 17.8 Å². The molecule has 29 heavy (non-hydrogen) atoms. The van der Waals surface area contributed by atoms with E-state index in [1.54, 1.807) is 30.5 Å². The van der Waals surface area contributed by atoms with Gasteiger partial charge in [0.15, 0.2) is 21.5 Å². The van der Waals surface area contributed by atoms with Gasteiger partial charge in [-0.2, -0.15) is 0 Å². The lowest BCUT2D eigenvalue weighted by Crippen LogP contribution is -2.24. The van der Waals surface area contributed by atoms with E-state index < -0.39 is 21.9 Å². The first-order valence-corrected chi connectivity index (χ1v) is 10.2. The van der Waals surface area contributed by atoms with Gasteiger partial charge in [0.1, 0.15) is 22.8 Å². The molecule has 4 N–H and O–H groups in total. The van der Waals surface area contributed by atoms with Crippen LogP contribution >= 0.6 is 0 Å². The van der Waals surface area contributed by atoms with Gasteiger partial charge in [0.05, 0.1) is 0 Å². The second-order valence-corrected chi connectivity index (χ2v) is 8.06. The maximum atomic E-state index is 12.3. The molecule has 150 valence electrons. The molecule has 0 atom stereocenters. The first-order chi connectivity index (χ1) is 13.7. The summed E-state index contributed by atoms with van der Waals surface area (Å²) < 4.78 is 35.3. The van der Waals surface area contributed by atoms with Gasteiger partial charge in [0.25, 0.3) is 0 Å². The van der Waals surface area contributed by atoms with Crippen LogP contribution in [0.1, 0.15) is 5.56 Å². The third kappa shape index (κ3) is 4.99. The number of sulfone groups is 1. The molecule has 0 aliphatic rings. The zero-order valence-electron chi connectivity index (χ0n) is 15.4. The van der Waals surface area contributed by atoms with Crippen LogP contribution in [-0.2, 0) is 21.2 Å². The molecule has 0 bridgehead atoms. The van der Waals surface area contributed by atoms with Crippen LogP contribution in [0.4, 0.5) is 4.79 Å². The second kappa shape index (κ2) is 8.15. The van der Waals surface area contributed by atoms with Crippen molar-refractivity contribution in [2.75, 3.05) is 6.26 Å². The Balaban J connectivity index is 1.93. The van der Waals surface area contributed by atoms with Crippen LogP contribution in [-0.4, -0.2) is 31.7 Å². The lowest BCUT2D eigenvalue weighted by atomic mass is 10.2. The van der Waals surface area contributed by atoms with Crippen LogP contribution in [0.2, 0.25) is 0 Å². The summed E-state index contributed by atoms with van der Waals surface area (Å²) in [7, 11) is -3.64. The first kappa shape index (κ1) is 20.1. The highest BCUT2D eigenvalue weighted by Gasteiger charge is 2.18. The fraction of sp³-hybridized carbons (Fsp3) is 0.105. The Hall–Kier alpha value is -3.66. The number of carbonyl (C=O) groups is 1. The lowest BCUT2D eigenvalue weighted by Gasteiger charge is -2.13. The molecule has 0 fully saturated rings. The number of pyridine rings is 1. The van der Waals surface area contributed by atoms with Crippen molar-refractivity contribution in [1.29, 1.82) is 0 Å². The number of fused-ring (bicyclic) bond motifs is 1. The number of hydrogen-bond donors (Lipinski definition) is 2. The molecule has 10 heteroatoms. The minimum atomic E-state index is -3.64. The van der Waals surface area contributed by atoms with Crippen LogP contribution in [0.5, 0.6) is 11.5 Å². The summed E-state index contributed by atoms with van der Waals surface area (Å²) in [4.78, 5) is 18.9.